The van der Waals surface area contributed by atoms with E-state index in [0.717, 1.165) is 11.2 Å². The number of hydrogen-bond donors (Lipinski definition) is 0. The molecule has 2 rings (SSSR count). The Morgan fingerprint density at radius 1 is 1.08 bits per heavy atom. The Kier molecular flexibility index (Phi) is 2.41. The molecule has 1 aromatic heterocycles. The Morgan fingerprint density at radius 2 is 1.92 bits per heavy atom. The van der Waals surface area contributed by atoms with Crippen LogP contribution in [0.25, 0.3) is 17.0 Å². The summed E-state index contributed by atoms with van der Waals surface area (Å²) in [6.07, 6.45) is 1.92. The summed E-state index contributed by atoms with van der Waals surface area (Å²) in [5.74, 6) is 0. The molecule has 1 aromatic carbocycles. The van der Waals surface area contributed by atoms with Crippen molar-refractivity contribution < 1.29 is 0 Å². The lowest BCUT2D eigenvalue weighted by molar-refractivity contribution is 1.37. The van der Waals surface area contributed by atoms with Crippen molar-refractivity contribution in [2.75, 3.05) is 0 Å². The van der Waals surface area contributed by atoms with Gasteiger partial charge >= 0.3 is 0 Å². The fourth-order valence-electron chi connectivity index (χ4n) is 1.24. The van der Waals surface area contributed by atoms with Crippen molar-refractivity contribution in [2.45, 2.75) is 0 Å². The van der Waals surface area contributed by atoms with Gasteiger partial charge in [-0.3, -0.25) is 0 Å². The lowest BCUT2D eigenvalue weighted by Crippen LogP contribution is -1.81. The van der Waals surface area contributed by atoms with Crippen molar-refractivity contribution in [2.24, 2.45) is 0 Å². The first-order chi connectivity index (χ1) is 6.40. The van der Waals surface area contributed by atoms with Crippen molar-refractivity contribution in [3.8, 4) is 0 Å². The van der Waals surface area contributed by atoms with Crippen LogP contribution in [-0.2, 0) is 0 Å². The second-order valence-electron chi connectivity index (χ2n) is 2.72. The van der Waals surface area contributed by atoms with Crippen LogP contribution in [0.15, 0.2) is 41.4 Å². The smallest absolute Gasteiger partial charge is 0.0709 e. The molecule has 64 valence electrons. The molecule has 0 aliphatic heterocycles. The van der Waals surface area contributed by atoms with E-state index in [1.165, 1.54) is 5.39 Å². The average Bonchev–Trinajstić information content (AvgIpc) is 2.18. The first-order valence-corrected chi connectivity index (χ1v) is 4.94. The Bertz CT molecular complexity index is 449. The Hall–Kier alpha value is -1.15. The van der Waals surface area contributed by atoms with Crippen molar-refractivity contribution in [3.63, 3.8) is 0 Å². The summed E-state index contributed by atoms with van der Waals surface area (Å²) in [5, 5.41) is 1.18. The third-order valence-electron chi connectivity index (χ3n) is 1.85. The van der Waals surface area contributed by atoms with E-state index in [2.05, 4.69) is 33.0 Å². The molecule has 0 N–H and O–H groups in total. The van der Waals surface area contributed by atoms with Gasteiger partial charge in [-0.15, -0.1) is 0 Å². The van der Waals surface area contributed by atoms with E-state index < -0.39 is 0 Å². The van der Waals surface area contributed by atoms with Crippen molar-refractivity contribution in [1.82, 2.24) is 4.98 Å². The molecule has 0 spiro atoms. The highest BCUT2D eigenvalue weighted by Crippen LogP contribution is 2.12. The number of fused-ring (bicyclic) bond motifs is 1. The molecule has 0 aliphatic rings. The van der Waals surface area contributed by atoms with Gasteiger partial charge in [-0.1, -0.05) is 40.2 Å². The van der Waals surface area contributed by atoms with Gasteiger partial charge in [0.1, 0.15) is 0 Å². The summed E-state index contributed by atoms with van der Waals surface area (Å²) in [5.41, 5.74) is 2.00. The largest absolute Gasteiger partial charge is 0.248 e. The van der Waals surface area contributed by atoms with Crippen molar-refractivity contribution >= 4 is 32.9 Å². The van der Waals surface area contributed by atoms with Crippen LogP contribution in [0, 0.1) is 0 Å². The number of rotatable bonds is 1. The lowest BCUT2D eigenvalue weighted by atomic mass is 10.2. The van der Waals surface area contributed by atoms with Gasteiger partial charge in [0, 0.05) is 5.39 Å². The number of nitrogens with zero attached hydrogens (tertiary/aromatic N) is 1. The van der Waals surface area contributed by atoms with E-state index in [4.69, 9.17) is 0 Å². The number of benzene rings is 1. The van der Waals surface area contributed by atoms with E-state index in [1.807, 2.05) is 35.3 Å². The summed E-state index contributed by atoms with van der Waals surface area (Å²) in [7, 11) is 0. The van der Waals surface area contributed by atoms with E-state index >= 15 is 0 Å². The molecular formula is C11H8BrN. The third kappa shape index (κ3) is 1.78. The second-order valence-corrected chi connectivity index (χ2v) is 3.25. The number of hydrogen-bond acceptors (Lipinski definition) is 1. The topological polar surface area (TPSA) is 12.9 Å². The number of aromatic nitrogens is 1. The minimum absolute atomic E-state index is 0.968. The van der Waals surface area contributed by atoms with Crippen LogP contribution in [-0.4, -0.2) is 4.98 Å². The van der Waals surface area contributed by atoms with Gasteiger partial charge in [0.15, 0.2) is 0 Å². The van der Waals surface area contributed by atoms with Gasteiger partial charge in [0.25, 0.3) is 0 Å². The maximum atomic E-state index is 4.45. The summed E-state index contributed by atoms with van der Waals surface area (Å²) < 4.78 is 0. The molecule has 0 bridgehead atoms. The molecule has 0 saturated heterocycles. The fraction of sp³-hybridized carbons (Fsp3) is 0. The lowest BCUT2D eigenvalue weighted by Gasteiger charge is -1.97. The maximum absolute atomic E-state index is 4.45. The molecule has 13 heavy (non-hydrogen) atoms. The van der Waals surface area contributed by atoms with Gasteiger partial charge in [-0.2, -0.15) is 0 Å². The normalized spacial score (nSPS) is 11.2. The van der Waals surface area contributed by atoms with Crippen molar-refractivity contribution in [3.05, 3.63) is 47.1 Å². The standard InChI is InChI=1S/C11H8BrN/c12-8-7-10-6-5-9-3-1-2-4-11(9)13-10/h1-8H/b8-7+. The Morgan fingerprint density at radius 3 is 2.77 bits per heavy atom. The van der Waals surface area contributed by atoms with Crippen LogP contribution in [0.3, 0.4) is 0 Å². The molecule has 1 heterocycles. The van der Waals surface area contributed by atoms with Gasteiger partial charge in [0.05, 0.1) is 11.2 Å². The summed E-state index contributed by atoms with van der Waals surface area (Å²) in [6.45, 7) is 0. The minimum atomic E-state index is 0.968. The highest BCUT2D eigenvalue weighted by molar-refractivity contribution is 9.11. The summed E-state index contributed by atoms with van der Waals surface area (Å²) in [4.78, 5) is 6.26. The van der Waals surface area contributed by atoms with Crippen LogP contribution >= 0.6 is 15.9 Å². The Labute approximate surface area is 85.2 Å². The average molecular weight is 234 g/mol. The molecule has 1 nitrogen and oxygen atoms in total. The van der Waals surface area contributed by atoms with E-state index in [-0.39, 0.29) is 0 Å². The zero-order valence-electron chi connectivity index (χ0n) is 6.94. The Balaban J connectivity index is 2.62. The maximum Gasteiger partial charge on any atom is 0.0709 e. The predicted molar refractivity (Wildman–Crippen MR) is 59.7 cm³/mol. The molecule has 0 fully saturated rings. The number of pyridine rings is 1. The predicted octanol–water partition coefficient (Wildman–Crippen LogP) is 3.60. The van der Waals surface area contributed by atoms with Gasteiger partial charge < -0.3 is 0 Å². The van der Waals surface area contributed by atoms with Crippen LogP contribution in [0.2, 0.25) is 0 Å². The van der Waals surface area contributed by atoms with Gasteiger partial charge in [-0.25, -0.2) is 4.98 Å². The molecule has 0 amide bonds. The number of para-hydroxylation sites is 1. The molecular weight excluding hydrogens is 226 g/mol. The van der Waals surface area contributed by atoms with Crippen LogP contribution < -0.4 is 0 Å². The molecule has 0 aliphatic carbocycles. The molecule has 0 saturated carbocycles. The highest BCUT2D eigenvalue weighted by atomic mass is 79.9. The molecule has 2 heteroatoms. The van der Waals surface area contributed by atoms with E-state index in [0.29, 0.717) is 0 Å². The quantitative estimate of drug-likeness (QED) is 0.734. The van der Waals surface area contributed by atoms with E-state index in [1.54, 1.807) is 0 Å². The SMILES string of the molecule is Br/C=C/c1ccc2ccccc2n1. The monoisotopic (exact) mass is 233 g/mol. The molecule has 0 unspecified atom stereocenters. The van der Waals surface area contributed by atoms with Gasteiger partial charge in [-0.05, 0) is 23.2 Å². The minimum Gasteiger partial charge on any atom is -0.248 e. The first-order valence-electron chi connectivity index (χ1n) is 4.03. The van der Waals surface area contributed by atoms with Crippen LogP contribution in [0.1, 0.15) is 5.69 Å². The van der Waals surface area contributed by atoms with Gasteiger partial charge in [0.2, 0.25) is 0 Å². The zero-order chi connectivity index (χ0) is 9.10. The second kappa shape index (κ2) is 3.71. The molecule has 0 atom stereocenters. The fourth-order valence-corrected chi connectivity index (χ4v) is 1.51. The van der Waals surface area contributed by atoms with E-state index in [9.17, 15) is 0 Å². The summed E-state index contributed by atoms with van der Waals surface area (Å²) >= 11 is 3.23. The highest BCUT2D eigenvalue weighted by Gasteiger charge is 1.93. The van der Waals surface area contributed by atoms with Crippen molar-refractivity contribution in [1.29, 1.82) is 0 Å². The molecule has 2 aromatic rings. The third-order valence-corrected chi connectivity index (χ3v) is 2.12. The van der Waals surface area contributed by atoms with Crippen LogP contribution in [0.4, 0.5) is 0 Å². The first kappa shape index (κ1) is 8.45. The van der Waals surface area contributed by atoms with Crippen LogP contribution in [0.5, 0.6) is 0 Å². The molecule has 0 radical (unpaired) electrons. The summed E-state index contributed by atoms with van der Waals surface area (Å²) in [6, 6.07) is 12.2. The zero-order valence-corrected chi connectivity index (χ0v) is 8.53. The number of halogens is 1.